The summed E-state index contributed by atoms with van der Waals surface area (Å²) in [5.74, 6) is -0.275. The van der Waals surface area contributed by atoms with Gasteiger partial charge in [-0.2, -0.15) is 0 Å². The van der Waals surface area contributed by atoms with Crippen LogP contribution < -0.4 is 15.8 Å². The van der Waals surface area contributed by atoms with Gasteiger partial charge in [0, 0.05) is 5.69 Å². The first kappa shape index (κ1) is 19.7. The molecule has 1 aromatic rings. The van der Waals surface area contributed by atoms with E-state index in [1.54, 1.807) is 25.1 Å². The molecule has 1 amide bonds. The van der Waals surface area contributed by atoms with Crippen molar-refractivity contribution in [1.29, 1.82) is 0 Å². The molecule has 0 unspecified atom stereocenters. The van der Waals surface area contributed by atoms with Crippen LogP contribution in [0.4, 0.5) is 11.4 Å². The van der Waals surface area contributed by atoms with Gasteiger partial charge < -0.3 is 11.1 Å². The Morgan fingerprint density at radius 3 is 2.33 bits per heavy atom. The van der Waals surface area contributed by atoms with Crippen molar-refractivity contribution in [1.82, 2.24) is 0 Å². The quantitative estimate of drug-likeness (QED) is 0.762. The molecule has 21 heavy (non-hydrogen) atoms. The number of nitrogens with one attached hydrogen (secondary N) is 2. The summed E-state index contributed by atoms with van der Waals surface area (Å²) in [4.78, 5) is 11.9. The lowest BCUT2D eigenvalue weighted by molar-refractivity contribution is -0.118. The molecule has 0 bridgehead atoms. The summed E-state index contributed by atoms with van der Waals surface area (Å²) in [6.07, 6.45) is 1.08. The van der Waals surface area contributed by atoms with E-state index in [9.17, 15) is 13.2 Å². The van der Waals surface area contributed by atoms with Crippen molar-refractivity contribution in [3.8, 4) is 0 Å². The molecular formula is C13H22ClN3O3S. The van der Waals surface area contributed by atoms with Crippen molar-refractivity contribution in [2.75, 3.05) is 16.3 Å². The van der Waals surface area contributed by atoms with Gasteiger partial charge in [-0.1, -0.05) is 19.9 Å². The lowest BCUT2D eigenvalue weighted by Crippen LogP contribution is -2.39. The van der Waals surface area contributed by atoms with Crippen molar-refractivity contribution in [2.45, 2.75) is 26.8 Å². The minimum Gasteiger partial charge on any atom is -0.325 e. The minimum absolute atomic E-state index is 0. The topological polar surface area (TPSA) is 101 Å². The van der Waals surface area contributed by atoms with E-state index in [2.05, 4.69) is 10.0 Å². The number of hydrogen-bond acceptors (Lipinski definition) is 4. The number of halogens is 1. The fourth-order valence-electron chi connectivity index (χ4n) is 1.54. The number of sulfonamides is 1. The van der Waals surface area contributed by atoms with Crippen molar-refractivity contribution in [3.63, 3.8) is 0 Å². The number of carbonyl (C=O) groups excluding carboxylic acids is 1. The van der Waals surface area contributed by atoms with Crippen molar-refractivity contribution < 1.29 is 13.2 Å². The molecule has 0 heterocycles. The standard InChI is InChI=1S/C13H21N3O3S.ClH/c1-8(2)12(14)13(17)15-10-6-5-9(3)11(7-10)16-20(4,18)19;/h5-8,12,16H,14H2,1-4H3,(H,15,17);1H/t12-;/m0./s1. The molecule has 1 aromatic carbocycles. The molecule has 8 heteroatoms. The van der Waals surface area contributed by atoms with Crippen LogP contribution in [0.2, 0.25) is 0 Å². The monoisotopic (exact) mass is 335 g/mol. The van der Waals surface area contributed by atoms with Gasteiger partial charge in [0.1, 0.15) is 0 Å². The highest BCUT2D eigenvalue weighted by molar-refractivity contribution is 7.92. The number of benzene rings is 1. The Kier molecular flexibility index (Phi) is 7.15. The first-order valence-electron chi connectivity index (χ1n) is 6.25. The van der Waals surface area contributed by atoms with Crippen molar-refractivity contribution in [2.24, 2.45) is 11.7 Å². The number of carbonyl (C=O) groups is 1. The van der Waals surface area contributed by atoms with Crippen LogP contribution in [0.15, 0.2) is 18.2 Å². The zero-order valence-electron chi connectivity index (χ0n) is 12.5. The van der Waals surface area contributed by atoms with Gasteiger partial charge in [0.2, 0.25) is 15.9 Å². The Morgan fingerprint density at radius 1 is 1.29 bits per heavy atom. The average molecular weight is 336 g/mol. The smallest absolute Gasteiger partial charge is 0.241 e. The molecule has 0 aliphatic rings. The van der Waals surface area contributed by atoms with Crippen LogP contribution in [0.1, 0.15) is 19.4 Å². The van der Waals surface area contributed by atoms with Gasteiger partial charge >= 0.3 is 0 Å². The largest absolute Gasteiger partial charge is 0.325 e. The molecule has 0 saturated carbocycles. The van der Waals surface area contributed by atoms with E-state index in [0.717, 1.165) is 11.8 Å². The van der Waals surface area contributed by atoms with E-state index in [-0.39, 0.29) is 24.2 Å². The Hall–Kier alpha value is -1.31. The van der Waals surface area contributed by atoms with Gasteiger partial charge in [-0.05, 0) is 30.5 Å². The summed E-state index contributed by atoms with van der Waals surface area (Å²) in [5.41, 5.74) is 7.46. The number of hydrogen-bond donors (Lipinski definition) is 3. The van der Waals surface area contributed by atoms with Crippen LogP contribution in [0, 0.1) is 12.8 Å². The third kappa shape index (κ3) is 6.33. The van der Waals surface area contributed by atoms with Crippen LogP contribution in [-0.4, -0.2) is 26.6 Å². The highest BCUT2D eigenvalue weighted by Crippen LogP contribution is 2.21. The molecule has 0 aliphatic carbocycles. The molecule has 120 valence electrons. The van der Waals surface area contributed by atoms with Crippen LogP contribution in [0.25, 0.3) is 0 Å². The molecule has 6 nitrogen and oxygen atoms in total. The third-order valence-electron chi connectivity index (χ3n) is 2.82. The molecule has 4 N–H and O–H groups in total. The van der Waals surface area contributed by atoms with E-state index in [1.807, 2.05) is 13.8 Å². The molecular weight excluding hydrogens is 314 g/mol. The number of anilines is 2. The molecule has 0 spiro atoms. The Bertz CT molecular complexity index is 603. The Labute approximate surface area is 132 Å². The zero-order chi connectivity index (χ0) is 15.5. The SMILES string of the molecule is Cc1ccc(NC(=O)[C@@H](N)C(C)C)cc1NS(C)(=O)=O.Cl. The normalized spacial score (nSPS) is 12.5. The summed E-state index contributed by atoms with van der Waals surface area (Å²) in [6, 6.07) is 4.39. The maximum atomic E-state index is 11.9. The molecule has 0 aliphatic heterocycles. The zero-order valence-corrected chi connectivity index (χ0v) is 14.1. The van der Waals surface area contributed by atoms with E-state index in [4.69, 9.17) is 5.73 Å². The van der Waals surface area contributed by atoms with Crippen LogP contribution in [0.3, 0.4) is 0 Å². The summed E-state index contributed by atoms with van der Waals surface area (Å²) < 4.78 is 24.9. The highest BCUT2D eigenvalue weighted by atomic mass is 35.5. The predicted molar refractivity (Wildman–Crippen MR) is 88.3 cm³/mol. The van der Waals surface area contributed by atoms with E-state index in [0.29, 0.717) is 11.4 Å². The van der Waals surface area contributed by atoms with E-state index in [1.165, 1.54) is 0 Å². The van der Waals surface area contributed by atoms with Gasteiger partial charge in [-0.3, -0.25) is 9.52 Å². The minimum atomic E-state index is -3.36. The average Bonchev–Trinajstić information content (AvgIpc) is 2.30. The van der Waals surface area contributed by atoms with Crippen LogP contribution >= 0.6 is 12.4 Å². The molecule has 0 saturated heterocycles. The lowest BCUT2D eigenvalue weighted by atomic mass is 10.0. The first-order valence-corrected chi connectivity index (χ1v) is 8.14. The first-order chi connectivity index (χ1) is 9.10. The van der Waals surface area contributed by atoms with Gasteiger partial charge in [0.15, 0.2) is 0 Å². The predicted octanol–water partition coefficient (Wildman–Crippen LogP) is 1.71. The summed E-state index contributed by atoms with van der Waals surface area (Å²) >= 11 is 0. The second-order valence-electron chi connectivity index (χ2n) is 5.16. The number of amides is 1. The molecule has 0 fully saturated rings. The second-order valence-corrected chi connectivity index (χ2v) is 6.91. The lowest BCUT2D eigenvalue weighted by Gasteiger charge is -2.16. The highest BCUT2D eigenvalue weighted by Gasteiger charge is 2.17. The Morgan fingerprint density at radius 2 is 1.86 bits per heavy atom. The van der Waals surface area contributed by atoms with Gasteiger partial charge in [-0.15, -0.1) is 12.4 Å². The maximum absolute atomic E-state index is 11.9. The summed E-state index contributed by atoms with van der Waals surface area (Å²) in [5, 5.41) is 2.68. The van der Waals surface area contributed by atoms with E-state index < -0.39 is 16.1 Å². The summed E-state index contributed by atoms with van der Waals surface area (Å²) in [6.45, 7) is 5.49. The van der Waals surface area contributed by atoms with Gasteiger partial charge in [0.25, 0.3) is 0 Å². The fraction of sp³-hybridized carbons (Fsp3) is 0.462. The maximum Gasteiger partial charge on any atom is 0.241 e. The molecule has 1 rings (SSSR count). The van der Waals surface area contributed by atoms with Gasteiger partial charge in [-0.25, -0.2) is 8.42 Å². The van der Waals surface area contributed by atoms with Gasteiger partial charge in [0.05, 0.1) is 18.0 Å². The second kappa shape index (κ2) is 7.63. The third-order valence-corrected chi connectivity index (χ3v) is 3.41. The van der Waals surface area contributed by atoms with E-state index >= 15 is 0 Å². The molecule has 0 aromatic heterocycles. The number of aryl methyl sites for hydroxylation is 1. The number of nitrogens with two attached hydrogens (primary N) is 1. The number of rotatable bonds is 5. The van der Waals surface area contributed by atoms with Crippen LogP contribution in [-0.2, 0) is 14.8 Å². The van der Waals surface area contributed by atoms with Crippen LogP contribution in [0.5, 0.6) is 0 Å². The summed E-state index contributed by atoms with van der Waals surface area (Å²) in [7, 11) is -3.36. The molecule has 1 atom stereocenters. The van der Waals surface area contributed by atoms with Crippen molar-refractivity contribution in [3.05, 3.63) is 23.8 Å². The molecule has 0 radical (unpaired) electrons. The fourth-order valence-corrected chi connectivity index (χ4v) is 2.16. The Balaban J connectivity index is 0.00000400. The van der Waals surface area contributed by atoms with Crippen molar-refractivity contribution >= 4 is 39.7 Å².